The molecule has 0 amide bonds. The first-order valence-corrected chi connectivity index (χ1v) is 9.60. The number of para-hydroxylation sites is 1. The Labute approximate surface area is 171 Å². The Morgan fingerprint density at radius 3 is 2.63 bits per heavy atom. The molecule has 5 nitrogen and oxygen atoms in total. The number of aromatic nitrogens is 3. The van der Waals surface area contributed by atoms with Crippen LogP contribution in [-0.2, 0) is 23.9 Å². The van der Waals surface area contributed by atoms with Gasteiger partial charge < -0.3 is 15.0 Å². The first-order valence-electron chi connectivity index (χ1n) is 9.60. The van der Waals surface area contributed by atoms with E-state index in [-0.39, 0.29) is 18.1 Å². The molecule has 1 atom stereocenters. The predicted octanol–water partition coefficient (Wildman–Crippen LogP) is 4.83. The van der Waals surface area contributed by atoms with Gasteiger partial charge in [-0.25, -0.2) is 9.97 Å². The van der Waals surface area contributed by atoms with E-state index in [2.05, 4.69) is 9.97 Å². The molecule has 2 heterocycles. The van der Waals surface area contributed by atoms with Crippen molar-refractivity contribution in [2.75, 3.05) is 12.3 Å². The molecule has 2 aromatic carbocycles. The number of hydrogen-bond acceptors (Lipinski definition) is 4. The minimum absolute atomic E-state index is 0.181. The first kappa shape index (κ1) is 20.2. The molecule has 1 unspecified atom stereocenters. The van der Waals surface area contributed by atoms with Gasteiger partial charge in [0.25, 0.3) is 0 Å². The largest absolute Gasteiger partial charge is 0.416 e. The van der Waals surface area contributed by atoms with Crippen LogP contribution in [0.1, 0.15) is 18.1 Å². The summed E-state index contributed by atoms with van der Waals surface area (Å²) in [6.45, 7) is 2.60. The van der Waals surface area contributed by atoms with Crippen LogP contribution in [0.15, 0.2) is 54.9 Å². The number of anilines is 1. The highest BCUT2D eigenvalue weighted by atomic mass is 19.4. The summed E-state index contributed by atoms with van der Waals surface area (Å²) in [6.07, 6.45) is -2.88. The molecule has 0 aliphatic heterocycles. The molecule has 0 bridgehead atoms. The normalized spacial score (nSPS) is 13.2. The zero-order valence-electron chi connectivity index (χ0n) is 16.4. The van der Waals surface area contributed by atoms with E-state index in [1.54, 1.807) is 19.3 Å². The van der Waals surface area contributed by atoms with Crippen molar-refractivity contribution in [2.45, 2.75) is 32.2 Å². The van der Waals surface area contributed by atoms with E-state index in [0.29, 0.717) is 24.5 Å². The van der Waals surface area contributed by atoms with Crippen molar-refractivity contribution in [1.29, 1.82) is 0 Å². The molecule has 4 rings (SSSR count). The van der Waals surface area contributed by atoms with Gasteiger partial charge in [0.2, 0.25) is 0 Å². The number of alkyl halides is 3. The lowest BCUT2D eigenvalue weighted by molar-refractivity contribution is -0.138. The topological polar surface area (TPSA) is 66.0 Å². The van der Waals surface area contributed by atoms with Crippen molar-refractivity contribution in [3.63, 3.8) is 0 Å². The van der Waals surface area contributed by atoms with Gasteiger partial charge in [0.05, 0.1) is 35.6 Å². The number of halogens is 3. The number of hydrogen-bond donors (Lipinski definition) is 1. The van der Waals surface area contributed by atoms with Crippen LogP contribution in [0, 0.1) is 0 Å². The number of nitrogen functional groups attached to an aromatic ring is 1. The molecule has 0 fully saturated rings. The number of ether oxygens (including phenoxy) is 1. The van der Waals surface area contributed by atoms with Crippen molar-refractivity contribution >= 4 is 27.8 Å². The number of fused-ring (bicyclic) bond motifs is 3. The standard InChI is InChI=1S/C22H21F3N4O/c1-14(12-15-6-2-4-8-17(15)22(23,24)25)30-11-10-29-13-27-19-20(29)16-7-3-5-9-18(16)28-21(19)26/h2-9,13-14H,10-12H2,1H3,(H2,26,28). The molecule has 0 aliphatic rings. The van der Waals surface area contributed by atoms with E-state index in [0.717, 1.165) is 22.5 Å². The Morgan fingerprint density at radius 2 is 1.83 bits per heavy atom. The Morgan fingerprint density at radius 1 is 1.10 bits per heavy atom. The molecule has 0 saturated heterocycles. The summed E-state index contributed by atoms with van der Waals surface area (Å²) in [4.78, 5) is 8.75. The molecule has 8 heteroatoms. The highest BCUT2D eigenvalue weighted by Gasteiger charge is 2.33. The van der Waals surface area contributed by atoms with Crippen molar-refractivity contribution in [3.8, 4) is 0 Å². The fourth-order valence-electron chi connectivity index (χ4n) is 3.67. The lowest BCUT2D eigenvalue weighted by atomic mass is 10.0. The number of nitrogens with zero attached hydrogens (tertiary/aromatic N) is 3. The van der Waals surface area contributed by atoms with Gasteiger partial charge in [-0.05, 0) is 31.0 Å². The molecule has 2 N–H and O–H groups in total. The van der Waals surface area contributed by atoms with E-state index in [1.807, 2.05) is 28.8 Å². The average molecular weight is 414 g/mol. The van der Waals surface area contributed by atoms with Crippen LogP contribution in [0.4, 0.5) is 19.0 Å². The maximum absolute atomic E-state index is 13.2. The van der Waals surface area contributed by atoms with Gasteiger partial charge in [-0.2, -0.15) is 13.2 Å². The quantitative estimate of drug-likeness (QED) is 0.491. The molecular weight excluding hydrogens is 393 g/mol. The second-order valence-electron chi connectivity index (χ2n) is 7.19. The van der Waals surface area contributed by atoms with Gasteiger partial charge in [0.15, 0.2) is 5.82 Å². The van der Waals surface area contributed by atoms with Crippen LogP contribution in [-0.4, -0.2) is 27.2 Å². The van der Waals surface area contributed by atoms with E-state index >= 15 is 0 Å². The van der Waals surface area contributed by atoms with Gasteiger partial charge >= 0.3 is 6.18 Å². The SMILES string of the molecule is CC(Cc1ccccc1C(F)(F)F)OCCn1cnc2c(N)nc3ccccc3c21. The highest BCUT2D eigenvalue weighted by molar-refractivity contribution is 6.06. The third-order valence-corrected chi connectivity index (χ3v) is 5.05. The van der Waals surface area contributed by atoms with Crippen LogP contribution in [0.2, 0.25) is 0 Å². The second-order valence-corrected chi connectivity index (χ2v) is 7.19. The Hall–Kier alpha value is -3.13. The summed E-state index contributed by atoms with van der Waals surface area (Å²) in [5.41, 5.74) is 7.93. The third-order valence-electron chi connectivity index (χ3n) is 5.05. The molecule has 0 saturated carbocycles. The fraction of sp³-hybridized carbons (Fsp3) is 0.273. The minimum atomic E-state index is -4.37. The van der Waals surface area contributed by atoms with Crippen molar-refractivity contribution < 1.29 is 17.9 Å². The molecular formula is C22H21F3N4O. The number of imidazole rings is 1. The Bertz CT molecular complexity index is 1190. The Kier molecular flexibility index (Phi) is 5.34. The van der Waals surface area contributed by atoms with Crippen LogP contribution in [0.25, 0.3) is 21.9 Å². The molecule has 0 spiro atoms. The number of pyridine rings is 1. The van der Waals surface area contributed by atoms with E-state index in [1.165, 1.54) is 12.1 Å². The fourth-order valence-corrected chi connectivity index (χ4v) is 3.67. The molecule has 156 valence electrons. The summed E-state index contributed by atoms with van der Waals surface area (Å²) in [7, 11) is 0. The average Bonchev–Trinajstić information content (AvgIpc) is 3.13. The van der Waals surface area contributed by atoms with Crippen LogP contribution < -0.4 is 5.73 Å². The highest BCUT2D eigenvalue weighted by Crippen LogP contribution is 2.32. The lowest BCUT2D eigenvalue weighted by Crippen LogP contribution is -2.18. The van der Waals surface area contributed by atoms with Crippen LogP contribution in [0.3, 0.4) is 0 Å². The number of nitrogens with two attached hydrogens (primary N) is 1. The summed E-state index contributed by atoms with van der Waals surface area (Å²) < 4.78 is 47.3. The summed E-state index contributed by atoms with van der Waals surface area (Å²) in [5.74, 6) is 0.362. The summed E-state index contributed by atoms with van der Waals surface area (Å²) >= 11 is 0. The molecule has 2 aromatic heterocycles. The predicted molar refractivity (Wildman–Crippen MR) is 110 cm³/mol. The maximum atomic E-state index is 13.2. The maximum Gasteiger partial charge on any atom is 0.416 e. The molecule has 0 radical (unpaired) electrons. The van der Waals surface area contributed by atoms with E-state index in [9.17, 15) is 13.2 Å². The van der Waals surface area contributed by atoms with Crippen LogP contribution >= 0.6 is 0 Å². The van der Waals surface area contributed by atoms with Crippen molar-refractivity contribution in [3.05, 3.63) is 66.0 Å². The van der Waals surface area contributed by atoms with E-state index in [4.69, 9.17) is 10.5 Å². The smallest absolute Gasteiger partial charge is 0.382 e. The zero-order chi connectivity index (χ0) is 21.3. The van der Waals surface area contributed by atoms with Gasteiger partial charge in [0, 0.05) is 11.9 Å². The number of rotatable bonds is 6. The molecule has 0 aliphatic carbocycles. The van der Waals surface area contributed by atoms with Gasteiger partial charge in [-0.3, -0.25) is 0 Å². The van der Waals surface area contributed by atoms with Crippen LogP contribution in [0.5, 0.6) is 0 Å². The monoisotopic (exact) mass is 414 g/mol. The second kappa shape index (κ2) is 7.95. The van der Waals surface area contributed by atoms with Crippen molar-refractivity contribution in [2.24, 2.45) is 0 Å². The summed E-state index contributed by atoms with van der Waals surface area (Å²) in [6, 6.07) is 13.3. The van der Waals surface area contributed by atoms with Gasteiger partial charge in [-0.1, -0.05) is 36.4 Å². The minimum Gasteiger partial charge on any atom is -0.382 e. The zero-order valence-corrected chi connectivity index (χ0v) is 16.4. The number of benzene rings is 2. The lowest BCUT2D eigenvalue weighted by Gasteiger charge is -2.17. The van der Waals surface area contributed by atoms with E-state index < -0.39 is 11.7 Å². The van der Waals surface area contributed by atoms with Gasteiger partial charge in [0.1, 0.15) is 5.52 Å². The first-order chi connectivity index (χ1) is 14.3. The third kappa shape index (κ3) is 3.95. The summed E-state index contributed by atoms with van der Waals surface area (Å²) in [5, 5.41) is 0.936. The molecule has 30 heavy (non-hydrogen) atoms. The molecule has 4 aromatic rings. The van der Waals surface area contributed by atoms with Crippen molar-refractivity contribution in [1.82, 2.24) is 14.5 Å². The van der Waals surface area contributed by atoms with Gasteiger partial charge in [-0.15, -0.1) is 0 Å². The Balaban J connectivity index is 1.47.